The molecule has 7 heteroatoms. The van der Waals surface area contributed by atoms with E-state index in [2.05, 4.69) is 15.9 Å². The van der Waals surface area contributed by atoms with Gasteiger partial charge in [-0.3, -0.25) is 0 Å². The van der Waals surface area contributed by atoms with E-state index < -0.39 is 16.0 Å². The van der Waals surface area contributed by atoms with E-state index >= 15 is 0 Å². The topological polar surface area (TPSA) is 86.5 Å². The monoisotopic (exact) mass is 335 g/mol. The van der Waals surface area contributed by atoms with Gasteiger partial charge in [-0.2, -0.15) is 0 Å². The number of carbonyl (C=O) groups is 1. The SMILES string of the molecule is CCC(C)OC(=O)c1cc(Br)cc(S(N)(=O)=O)c1. The maximum atomic E-state index is 11.8. The molecule has 0 bridgehead atoms. The quantitative estimate of drug-likeness (QED) is 0.853. The van der Waals surface area contributed by atoms with Gasteiger partial charge in [0.05, 0.1) is 16.6 Å². The number of primary sulfonamides is 1. The summed E-state index contributed by atoms with van der Waals surface area (Å²) in [7, 11) is -3.85. The summed E-state index contributed by atoms with van der Waals surface area (Å²) in [6.07, 6.45) is 0.455. The van der Waals surface area contributed by atoms with Gasteiger partial charge in [0.1, 0.15) is 0 Å². The molecule has 0 radical (unpaired) electrons. The highest BCUT2D eigenvalue weighted by Gasteiger charge is 2.16. The third-order valence-electron chi connectivity index (χ3n) is 2.32. The minimum atomic E-state index is -3.85. The minimum Gasteiger partial charge on any atom is -0.459 e. The number of nitrogens with two attached hydrogens (primary N) is 1. The molecule has 100 valence electrons. The molecule has 0 saturated carbocycles. The van der Waals surface area contributed by atoms with Crippen molar-refractivity contribution < 1.29 is 17.9 Å². The van der Waals surface area contributed by atoms with E-state index in [9.17, 15) is 13.2 Å². The van der Waals surface area contributed by atoms with Gasteiger partial charge < -0.3 is 4.74 Å². The molecule has 1 aromatic carbocycles. The molecule has 2 N–H and O–H groups in total. The van der Waals surface area contributed by atoms with Crippen molar-refractivity contribution in [2.24, 2.45) is 5.14 Å². The molecular weight excluding hydrogens is 322 g/mol. The zero-order valence-electron chi connectivity index (χ0n) is 10.0. The summed E-state index contributed by atoms with van der Waals surface area (Å²) < 4.78 is 28.0. The summed E-state index contributed by atoms with van der Waals surface area (Å²) in [5, 5.41) is 5.02. The predicted molar refractivity (Wildman–Crippen MR) is 70.7 cm³/mol. The highest BCUT2D eigenvalue weighted by molar-refractivity contribution is 9.10. The first-order valence-corrected chi connectivity index (χ1v) is 7.62. The van der Waals surface area contributed by atoms with E-state index in [0.29, 0.717) is 10.9 Å². The van der Waals surface area contributed by atoms with Crippen LogP contribution in [0.5, 0.6) is 0 Å². The summed E-state index contributed by atoms with van der Waals surface area (Å²) in [5.41, 5.74) is 0.147. The van der Waals surface area contributed by atoms with Gasteiger partial charge in [-0.05, 0) is 31.5 Å². The number of hydrogen-bond acceptors (Lipinski definition) is 4. The average molecular weight is 336 g/mol. The summed E-state index contributed by atoms with van der Waals surface area (Å²) in [6.45, 7) is 3.64. The van der Waals surface area contributed by atoms with Crippen LogP contribution < -0.4 is 5.14 Å². The van der Waals surface area contributed by atoms with Gasteiger partial charge >= 0.3 is 5.97 Å². The van der Waals surface area contributed by atoms with Crippen LogP contribution in [0.4, 0.5) is 0 Å². The van der Waals surface area contributed by atoms with E-state index in [4.69, 9.17) is 9.88 Å². The first-order chi connectivity index (χ1) is 8.24. The number of hydrogen-bond donors (Lipinski definition) is 1. The molecule has 1 aromatic rings. The van der Waals surface area contributed by atoms with Crippen molar-refractivity contribution in [1.29, 1.82) is 0 Å². The van der Waals surface area contributed by atoms with Crippen molar-refractivity contribution in [2.45, 2.75) is 31.3 Å². The van der Waals surface area contributed by atoms with E-state index in [1.165, 1.54) is 18.2 Å². The molecule has 0 spiro atoms. The van der Waals surface area contributed by atoms with E-state index in [-0.39, 0.29) is 16.6 Å². The van der Waals surface area contributed by atoms with E-state index in [0.717, 1.165) is 0 Å². The van der Waals surface area contributed by atoms with Crippen LogP contribution in [0.1, 0.15) is 30.6 Å². The normalized spacial score (nSPS) is 13.1. The fourth-order valence-electron chi connectivity index (χ4n) is 1.18. The molecule has 1 atom stereocenters. The zero-order chi connectivity index (χ0) is 13.9. The van der Waals surface area contributed by atoms with Crippen LogP contribution in [-0.2, 0) is 14.8 Å². The maximum Gasteiger partial charge on any atom is 0.338 e. The number of halogens is 1. The van der Waals surface area contributed by atoms with Gasteiger partial charge in [-0.25, -0.2) is 18.4 Å². The minimum absolute atomic E-state index is 0.132. The Balaban J connectivity index is 3.11. The summed E-state index contributed by atoms with van der Waals surface area (Å²) in [4.78, 5) is 11.6. The van der Waals surface area contributed by atoms with Gasteiger partial charge in [-0.1, -0.05) is 22.9 Å². The molecule has 0 aliphatic carbocycles. The van der Waals surface area contributed by atoms with Crippen LogP contribution in [-0.4, -0.2) is 20.5 Å². The Morgan fingerprint density at radius 1 is 1.44 bits per heavy atom. The number of sulfonamides is 1. The lowest BCUT2D eigenvalue weighted by atomic mass is 10.2. The summed E-state index contributed by atoms with van der Waals surface area (Å²) in [5.74, 6) is -0.574. The third kappa shape index (κ3) is 4.08. The van der Waals surface area contributed by atoms with E-state index in [1.807, 2.05) is 6.92 Å². The number of ether oxygens (including phenoxy) is 1. The Bertz CT molecular complexity index is 556. The van der Waals surface area contributed by atoms with Crippen LogP contribution in [0.15, 0.2) is 27.6 Å². The van der Waals surface area contributed by atoms with Gasteiger partial charge in [-0.15, -0.1) is 0 Å². The molecule has 0 saturated heterocycles. The molecule has 0 fully saturated rings. The van der Waals surface area contributed by atoms with Crippen molar-refractivity contribution in [1.82, 2.24) is 0 Å². The molecule has 0 aliphatic rings. The van der Waals surface area contributed by atoms with E-state index in [1.54, 1.807) is 6.92 Å². The molecular formula is C11H14BrNO4S. The molecule has 1 rings (SSSR count). The largest absolute Gasteiger partial charge is 0.459 e. The Kier molecular flexibility index (Phi) is 4.89. The van der Waals surface area contributed by atoms with Crippen molar-refractivity contribution in [2.75, 3.05) is 0 Å². The van der Waals surface area contributed by atoms with Crippen LogP contribution in [0.25, 0.3) is 0 Å². The standard InChI is InChI=1S/C11H14BrNO4S/c1-3-7(2)17-11(14)8-4-9(12)6-10(5-8)18(13,15)16/h4-7H,3H2,1-2H3,(H2,13,15,16). The second kappa shape index (κ2) is 5.81. The van der Waals surface area contributed by atoms with Gasteiger partial charge in [0.25, 0.3) is 0 Å². The van der Waals surface area contributed by atoms with Crippen molar-refractivity contribution in [3.05, 3.63) is 28.2 Å². The van der Waals surface area contributed by atoms with Crippen molar-refractivity contribution in [3.63, 3.8) is 0 Å². The second-order valence-electron chi connectivity index (χ2n) is 3.84. The van der Waals surface area contributed by atoms with Gasteiger partial charge in [0, 0.05) is 4.47 Å². The van der Waals surface area contributed by atoms with Crippen molar-refractivity contribution in [3.8, 4) is 0 Å². The van der Waals surface area contributed by atoms with Gasteiger partial charge in [0.15, 0.2) is 0 Å². The molecule has 0 amide bonds. The lowest BCUT2D eigenvalue weighted by molar-refractivity contribution is 0.0334. The highest BCUT2D eigenvalue weighted by atomic mass is 79.9. The Morgan fingerprint density at radius 2 is 2.06 bits per heavy atom. The molecule has 0 heterocycles. The van der Waals surface area contributed by atoms with Gasteiger partial charge in [0.2, 0.25) is 10.0 Å². The number of esters is 1. The lowest BCUT2D eigenvalue weighted by Gasteiger charge is -2.11. The molecule has 5 nitrogen and oxygen atoms in total. The molecule has 18 heavy (non-hydrogen) atoms. The number of carbonyl (C=O) groups excluding carboxylic acids is 1. The summed E-state index contributed by atoms with van der Waals surface area (Å²) in [6, 6.07) is 4.01. The highest BCUT2D eigenvalue weighted by Crippen LogP contribution is 2.20. The number of rotatable bonds is 4. The maximum absolute atomic E-state index is 11.8. The Morgan fingerprint density at radius 3 is 2.56 bits per heavy atom. The predicted octanol–water partition coefficient (Wildman–Crippen LogP) is 2.05. The van der Waals surface area contributed by atoms with Crippen LogP contribution in [0.3, 0.4) is 0 Å². The summed E-state index contributed by atoms with van der Waals surface area (Å²) >= 11 is 3.13. The molecule has 0 aliphatic heterocycles. The third-order valence-corrected chi connectivity index (χ3v) is 3.67. The molecule has 1 unspecified atom stereocenters. The first-order valence-electron chi connectivity index (χ1n) is 5.28. The smallest absolute Gasteiger partial charge is 0.338 e. The Labute approximate surface area is 114 Å². The zero-order valence-corrected chi connectivity index (χ0v) is 12.4. The first kappa shape index (κ1) is 15.1. The molecule has 0 aromatic heterocycles. The van der Waals surface area contributed by atoms with Crippen LogP contribution in [0.2, 0.25) is 0 Å². The average Bonchev–Trinajstić information content (AvgIpc) is 2.26. The Hall–Kier alpha value is -0.920. The lowest BCUT2D eigenvalue weighted by Crippen LogP contribution is -2.16. The fraction of sp³-hybridized carbons (Fsp3) is 0.364. The fourth-order valence-corrected chi connectivity index (χ4v) is 2.41. The van der Waals surface area contributed by atoms with Crippen LogP contribution in [0, 0.1) is 0 Å². The number of benzene rings is 1. The van der Waals surface area contributed by atoms with Crippen LogP contribution >= 0.6 is 15.9 Å². The second-order valence-corrected chi connectivity index (χ2v) is 6.32. The van der Waals surface area contributed by atoms with Crippen molar-refractivity contribution >= 4 is 31.9 Å².